The molecule has 0 bridgehead atoms. The molecule has 0 fully saturated rings. The summed E-state index contributed by atoms with van der Waals surface area (Å²) in [5.74, 6) is 1.53. The van der Waals surface area contributed by atoms with Crippen LogP contribution in [0.15, 0.2) is 48.5 Å². The molecule has 0 N–H and O–H groups in total. The highest BCUT2D eigenvalue weighted by atomic mass is 35.5. The third-order valence-electron chi connectivity index (χ3n) is 3.45. The fourth-order valence-corrected chi connectivity index (χ4v) is 2.73. The normalized spacial score (nSPS) is 11.4. The number of fused-ring (bicyclic) bond motifs is 1. The van der Waals surface area contributed by atoms with Crippen LogP contribution in [0.25, 0.3) is 22.4 Å². The van der Waals surface area contributed by atoms with Crippen LogP contribution in [0.2, 0.25) is 0 Å². The van der Waals surface area contributed by atoms with E-state index in [9.17, 15) is 0 Å². The van der Waals surface area contributed by atoms with E-state index in [1.165, 1.54) is 5.52 Å². The SMILES string of the molecule is CC(C)n1c(-c2cccc(CCl)c2)nc2ccccc21. The van der Waals surface area contributed by atoms with E-state index in [1.807, 2.05) is 18.2 Å². The quantitative estimate of drug-likeness (QED) is 0.617. The van der Waals surface area contributed by atoms with Gasteiger partial charge in [-0.05, 0) is 37.6 Å². The van der Waals surface area contributed by atoms with E-state index in [1.54, 1.807) is 0 Å². The molecule has 2 nitrogen and oxygen atoms in total. The van der Waals surface area contributed by atoms with Gasteiger partial charge in [0.25, 0.3) is 0 Å². The Morgan fingerprint density at radius 3 is 2.65 bits per heavy atom. The monoisotopic (exact) mass is 284 g/mol. The minimum atomic E-state index is 0.358. The van der Waals surface area contributed by atoms with Crippen molar-refractivity contribution in [3.05, 3.63) is 54.1 Å². The number of para-hydroxylation sites is 2. The molecule has 1 heterocycles. The standard InChI is InChI=1S/C17H17ClN2/c1-12(2)20-16-9-4-3-8-15(16)19-17(20)14-7-5-6-13(10-14)11-18/h3-10,12H,11H2,1-2H3. The Morgan fingerprint density at radius 1 is 1.10 bits per heavy atom. The molecule has 0 radical (unpaired) electrons. The predicted octanol–water partition coefficient (Wildman–Crippen LogP) is 5.02. The van der Waals surface area contributed by atoms with Crippen LogP contribution in [0.3, 0.4) is 0 Å². The van der Waals surface area contributed by atoms with Gasteiger partial charge in [0.15, 0.2) is 0 Å². The van der Waals surface area contributed by atoms with Gasteiger partial charge in [-0.3, -0.25) is 0 Å². The van der Waals surface area contributed by atoms with E-state index in [0.29, 0.717) is 11.9 Å². The molecule has 0 saturated carbocycles. The average Bonchev–Trinajstić information content (AvgIpc) is 2.87. The number of aromatic nitrogens is 2. The van der Waals surface area contributed by atoms with Crippen molar-refractivity contribution in [2.75, 3.05) is 0 Å². The van der Waals surface area contributed by atoms with Gasteiger partial charge in [0, 0.05) is 17.5 Å². The maximum Gasteiger partial charge on any atom is 0.141 e. The molecule has 0 spiro atoms. The summed E-state index contributed by atoms with van der Waals surface area (Å²) in [5, 5.41) is 0. The van der Waals surface area contributed by atoms with Crippen LogP contribution in [-0.2, 0) is 5.88 Å². The van der Waals surface area contributed by atoms with Crippen molar-refractivity contribution in [3.8, 4) is 11.4 Å². The van der Waals surface area contributed by atoms with Crippen LogP contribution in [0.5, 0.6) is 0 Å². The Bertz CT molecular complexity index is 744. The lowest BCUT2D eigenvalue weighted by molar-refractivity contribution is 0.624. The fourth-order valence-electron chi connectivity index (χ4n) is 2.56. The number of rotatable bonds is 3. The largest absolute Gasteiger partial charge is 0.321 e. The molecule has 0 aliphatic carbocycles. The van der Waals surface area contributed by atoms with Crippen LogP contribution >= 0.6 is 11.6 Å². The molecular weight excluding hydrogens is 268 g/mol. The zero-order chi connectivity index (χ0) is 14.1. The van der Waals surface area contributed by atoms with E-state index in [-0.39, 0.29) is 0 Å². The van der Waals surface area contributed by atoms with E-state index in [4.69, 9.17) is 16.6 Å². The lowest BCUT2D eigenvalue weighted by Gasteiger charge is -2.13. The average molecular weight is 285 g/mol. The van der Waals surface area contributed by atoms with Gasteiger partial charge < -0.3 is 4.57 Å². The third kappa shape index (κ3) is 2.20. The molecule has 102 valence electrons. The Labute approximate surface area is 124 Å². The first-order chi connectivity index (χ1) is 9.70. The Kier molecular flexibility index (Phi) is 3.49. The first-order valence-electron chi connectivity index (χ1n) is 6.83. The number of halogens is 1. The molecule has 0 aliphatic rings. The van der Waals surface area contributed by atoms with Crippen molar-refractivity contribution < 1.29 is 0 Å². The predicted molar refractivity (Wildman–Crippen MR) is 85.1 cm³/mol. The van der Waals surface area contributed by atoms with Gasteiger partial charge in [-0.1, -0.05) is 30.3 Å². The summed E-state index contributed by atoms with van der Waals surface area (Å²) >= 11 is 5.94. The number of hydrogen-bond acceptors (Lipinski definition) is 1. The molecule has 20 heavy (non-hydrogen) atoms. The van der Waals surface area contributed by atoms with Crippen LogP contribution in [-0.4, -0.2) is 9.55 Å². The van der Waals surface area contributed by atoms with Crippen LogP contribution in [0.4, 0.5) is 0 Å². The minimum Gasteiger partial charge on any atom is -0.321 e. The van der Waals surface area contributed by atoms with Crippen molar-refractivity contribution in [2.45, 2.75) is 25.8 Å². The number of benzene rings is 2. The maximum atomic E-state index is 5.94. The van der Waals surface area contributed by atoms with Gasteiger partial charge >= 0.3 is 0 Å². The molecule has 0 aliphatic heterocycles. The lowest BCUT2D eigenvalue weighted by atomic mass is 10.1. The number of alkyl halides is 1. The van der Waals surface area contributed by atoms with Crippen LogP contribution in [0, 0.1) is 0 Å². The van der Waals surface area contributed by atoms with E-state index >= 15 is 0 Å². The van der Waals surface area contributed by atoms with Crippen molar-refractivity contribution in [3.63, 3.8) is 0 Å². The number of imidazole rings is 1. The zero-order valence-electron chi connectivity index (χ0n) is 11.7. The highest BCUT2D eigenvalue weighted by molar-refractivity contribution is 6.17. The summed E-state index contributed by atoms with van der Waals surface area (Å²) in [6, 6.07) is 16.9. The lowest BCUT2D eigenvalue weighted by Crippen LogP contribution is -2.03. The van der Waals surface area contributed by atoms with Gasteiger partial charge in [0.2, 0.25) is 0 Å². The van der Waals surface area contributed by atoms with Gasteiger partial charge in [-0.25, -0.2) is 4.98 Å². The Balaban J connectivity index is 2.26. The van der Waals surface area contributed by atoms with Crippen molar-refractivity contribution >= 4 is 22.6 Å². The zero-order valence-corrected chi connectivity index (χ0v) is 12.4. The summed E-state index contributed by atoms with van der Waals surface area (Å²) < 4.78 is 2.28. The Hall–Kier alpha value is -1.80. The van der Waals surface area contributed by atoms with Crippen molar-refractivity contribution in [1.29, 1.82) is 0 Å². The molecule has 2 aromatic carbocycles. The maximum absolute atomic E-state index is 5.94. The molecule has 0 amide bonds. The highest BCUT2D eigenvalue weighted by Crippen LogP contribution is 2.28. The second kappa shape index (κ2) is 5.29. The second-order valence-electron chi connectivity index (χ2n) is 5.22. The Morgan fingerprint density at radius 2 is 1.90 bits per heavy atom. The topological polar surface area (TPSA) is 17.8 Å². The summed E-state index contributed by atoms with van der Waals surface area (Å²) in [4.78, 5) is 4.80. The summed E-state index contributed by atoms with van der Waals surface area (Å²) in [6.07, 6.45) is 0. The minimum absolute atomic E-state index is 0.358. The van der Waals surface area contributed by atoms with Gasteiger partial charge in [0.05, 0.1) is 11.0 Å². The first-order valence-corrected chi connectivity index (χ1v) is 7.36. The first kappa shape index (κ1) is 13.2. The molecular formula is C17H17ClN2. The van der Waals surface area contributed by atoms with Crippen LogP contribution in [0.1, 0.15) is 25.5 Å². The summed E-state index contributed by atoms with van der Waals surface area (Å²) in [5.41, 5.74) is 4.45. The number of nitrogens with zero attached hydrogens (tertiary/aromatic N) is 2. The van der Waals surface area contributed by atoms with Crippen LogP contribution < -0.4 is 0 Å². The molecule has 1 aromatic heterocycles. The van der Waals surface area contributed by atoms with E-state index in [0.717, 1.165) is 22.5 Å². The van der Waals surface area contributed by atoms with Gasteiger partial charge in [-0.15, -0.1) is 11.6 Å². The summed E-state index contributed by atoms with van der Waals surface area (Å²) in [6.45, 7) is 4.37. The van der Waals surface area contributed by atoms with Crippen molar-refractivity contribution in [1.82, 2.24) is 9.55 Å². The van der Waals surface area contributed by atoms with Crippen molar-refractivity contribution in [2.24, 2.45) is 0 Å². The smallest absolute Gasteiger partial charge is 0.141 e. The summed E-state index contributed by atoms with van der Waals surface area (Å²) in [7, 11) is 0. The van der Waals surface area contributed by atoms with E-state index < -0.39 is 0 Å². The third-order valence-corrected chi connectivity index (χ3v) is 3.76. The number of hydrogen-bond donors (Lipinski definition) is 0. The molecule has 3 rings (SSSR count). The molecule has 0 saturated heterocycles. The highest BCUT2D eigenvalue weighted by Gasteiger charge is 2.14. The molecule has 3 heteroatoms. The second-order valence-corrected chi connectivity index (χ2v) is 5.49. The fraction of sp³-hybridized carbons (Fsp3) is 0.235. The van der Waals surface area contributed by atoms with Gasteiger partial charge in [-0.2, -0.15) is 0 Å². The van der Waals surface area contributed by atoms with E-state index in [2.05, 4.69) is 48.7 Å². The molecule has 0 unspecified atom stereocenters. The van der Waals surface area contributed by atoms with Gasteiger partial charge in [0.1, 0.15) is 5.82 Å². The molecule has 0 atom stereocenters. The molecule has 3 aromatic rings.